The van der Waals surface area contributed by atoms with Crippen LogP contribution >= 0.6 is 0 Å². The van der Waals surface area contributed by atoms with Crippen LogP contribution in [0.15, 0.2) is 140 Å². The summed E-state index contributed by atoms with van der Waals surface area (Å²) < 4.78 is 2.44. The summed E-state index contributed by atoms with van der Waals surface area (Å²) in [5.74, 6) is 0. The molecule has 0 N–H and O–H groups in total. The average Bonchev–Trinajstić information content (AvgIpc) is 3.37. The molecule has 3 heteroatoms. The van der Waals surface area contributed by atoms with Crippen LogP contribution in [0.1, 0.15) is 0 Å². The van der Waals surface area contributed by atoms with Gasteiger partial charge in [0.1, 0.15) is 0 Å². The van der Waals surface area contributed by atoms with Gasteiger partial charge in [0.15, 0.2) is 5.65 Å². The molecule has 5 aromatic carbocycles. The van der Waals surface area contributed by atoms with Gasteiger partial charge in [0.05, 0.1) is 22.4 Å². The van der Waals surface area contributed by atoms with Crippen molar-refractivity contribution in [3.63, 3.8) is 0 Å². The summed E-state index contributed by atoms with van der Waals surface area (Å²) in [6, 6.07) is 47.9. The zero-order chi connectivity index (χ0) is 26.9. The van der Waals surface area contributed by atoms with Crippen molar-refractivity contribution in [2.45, 2.75) is 0 Å². The zero-order valence-corrected chi connectivity index (χ0v) is 22.1. The second kappa shape index (κ2) is 8.48. The summed E-state index contributed by atoms with van der Waals surface area (Å²) in [7, 11) is 0. The molecule has 0 amide bonds. The highest BCUT2D eigenvalue weighted by Crippen LogP contribution is 2.50. The Morgan fingerprint density at radius 2 is 1.07 bits per heavy atom. The van der Waals surface area contributed by atoms with E-state index in [0.717, 1.165) is 27.9 Å². The molecule has 3 nitrogen and oxygen atoms in total. The summed E-state index contributed by atoms with van der Waals surface area (Å²) >= 11 is 0. The Hall–Kier alpha value is -5.54. The maximum absolute atomic E-state index is 5.17. The highest BCUT2D eigenvalue weighted by atomic mass is 15.0. The van der Waals surface area contributed by atoms with E-state index in [9.17, 15) is 0 Å². The average molecular weight is 522 g/mol. The van der Waals surface area contributed by atoms with Gasteiger partial charge in [0, 0.05) is 39.0 Å². The van der Waals surface area contributed by atoms with Crippen molar-refractivity contribution in [3.8, 4) is 50.3 Å². The first-order chi connectivity index (χ1) is 20.4. The normalized spacial score (nSPS) is 11.9. The molecular weight excluding hydrogens is 498 g/mol. The first-order valence-corrected chi connectivity index (χ1v) is 13.9. The van der Waals surface area contributed by atoms with Gasteiger partial charge in [-0.1, -0.05) is 97.1 Å². The van der Waals surface area contributed by atoms with Gasteiger partial charge in [-0.3, -0.25) is 0 Å². The first-order valence-electron chi connectivity index (χ1n) is 13.9. The standard InChI is InChI=1S/C38H23N3/c1-3-16-29-26(13-1)32-23-24-11-10-22-39-38(24)40-37(32)31-17-4-2-12-25(31)30-18-9-21-35(36(29)30)41-33-19-7-5-14-27(33)28-15-6-8-20-34(28)41/h1-23H. The van der Waals surface area contributed by atoms with Gasteiger partial charge in [0.25, 0.3) is 0 Å². The van der Waals surface area contributed by atoms with Crippen LogP contribution in [-0.2, 0) is 0 Å². The summed E-state index contributed by atoms with van der Waals surface area (Å²) in [6.45, 7) is 0. The molecule has 1 aliphatic rings. The van der Waals surface area contributed by atoms with Crippen molar-refractivity contribution in [1.82, 2.24) is 14.5 Å². The molecule has 41 heavy (non-hydrogen) atoms. The monoisotopic (exact) mass is 521 g/mol. The van der Waals surface area contributed by atoms with E-state index >= 15 is 0 Å². The Labute approximate surface area is 237 Å². The molecule has 0 bridgehead atoms. The van der Waals surface area contributed by atoms with E-state index in [1.54, 1.807) is 0 Å². The van der Waals surface area contributed by atoms with E-state index < -0.39 is 0 Å². The molecule has 8 aromatic rings. The molecule has 0 fully saturated rings. The Balaban J connectivity index is 1.48. The number of fused-ring (bicyclic) bond motifs is 12. The van der Waals surface area contributed by atoms with Crippen LogP contribution in [0.25, 0.3) is 83.2 Å². The van der Waals surface area contributed by atoms with Gasteiger partial charge < -0.3 is 4.57 Å². The maximum atomic E-state index is 5.17. The minimum atomic E-state index is 0.762. The Bertz CT molecular complexity index is 2270. The molecule has 0 spiro atoms. The number of rotatable bonds is 1. The van der Waals surface area contributed by atoms with Crippen molar-refractivity contribution >= 4 is 32.8 Å². The molecule has 0 atom stereocenters. The molecular formula is C38H23N3. The highest BCUT2D eigenvalue weighted by molar-refractivity contribution is 6.11. The van der Waals surface area contributed by atoms with Gasteiger partial charge in [0.2, 0.25) is 0 Å². The third-order valence-electron chi connectivity index (χ3n) is 8.41. The number of aromatic nitrogens is 3. The lowest BCUT2D eigenvalue weighted by atomic mass is 9.82. The summed E-state index contributed by atoms with van der Waals surface area (Å²) in [5, 5.41) is 3.55. The Morgan fingerprint density at radius 1 is 0.463 bits per heavy atom. The van der Waals surface area contributed by atoms with E-state index in [4.69, 9.17) is 4.98 Å². The topological polar surface area (TPSA) is 30.7 Å². The zero-order valence-electron chi connectivity index (χ0n) is 22.1. The molecule has 190 valence electrons. The third kappa shape index (κ3) is 3.14. The van der Waals surface area contributed by atoms with Crippen molar-refractivity contribution in [2.75, 3.05) is 0 Å². The Kier molecular flexibility index (Phi) is 4.61. The number of hydrogen-bond donors (Lipinski definition) is 0. The molecule has 0 aliphatic heterocycles. The molecule has 0 saturated heterocycles. The lowest BCUT2D eigenvalue weighted by Crippen LogP contribution is -2.04. The van der Waals surface area contributed by atoms with Gasteiger partial charge in [-0.25, -0.2) is 9.97 Å². The molecule has 3 aromatic heterocycles. The predicted molar refractivity (Wildman–Crippen MR) is 169 cm³/mol. The number of pyridine rings is 2. The molecule has 0 saturated carbocycles. The summed E-state index contributed by atoms with van der Waals surface area (Å²) in [5.41, 5.74) is 13.5. The van der Waals surface area contributed by atoms with Gasteiger partial charge in [-0.05, 0) is 58.7 Å². The molecule has 0 unspecified atom stereocenters. The fourth-order valence-corrected chi connectivity index (χ4v) is 6.69. The smallest absolute Gasteiger partial charge is 0.159 e. The highest BCUT2D eigenvalue weighted by Gasteiger charge is 2.26. The SMILES string of the molecule is c1ccc2c(c1)-c1cccc(-n3c4ccccc4c4ccccc43)c1-c1ccccc1-c1cc3cccnc3nc1-2. The van der Waals surface area contributed by atoms with Crippen molar-refractivity contribution in [3.05, 3.63) is 140 Å². The fraction of sp³-hybridized carbons (Fsp3) is 0. The quantitative estimate of drug-likeness (QED) is 0.215. The lowest BCUT2D eigenvalue weighted by Gasteiger charge is -2.25. The van der Waals surface area contributed by atoms with Crippen LogP contribution in [-0.4, -0.2) is 14.5 Å². The van der Waals surface area contributed by atoms with Gasteiger partial charge >= 0.3 is 0 Å². The van der Waals surface area contributed by atoms with Crippen LogP contribution in [0.2, 0.25) is 0 Å². The minimum Gasteiger partial charge on any atom is -0.309 e. The lowest BCUT2D eigenvalue weighted by molar-refractivity contribution is 1.18. The van der Waals surface area contributed by atoms with E-state index in [0.29, 0.717) is 0 Å². The predicted octanol–water partition coefficient (Wildman–Crippen LogP) is 9.71. The molecule has 1 aliphatic carbocycles. The largest absolute Gasteiger partial charge is 0.309 e. The van der Waals surface area contributed by atoms with Crippen LogP contribution in [0.4, 0.5) is 0 Å². The van der Waals surface area contributed by atoms with E-state index in [1.165, 1.54) is 55.3 Å². The number of hydrogen-bond acceptors (Lipinski definition) is 2. The minimum absolute atomic E-state index is 0.762. The fourth-order valence-electron chi connectivity index (χ4n) is 6.69. The van der Waals surface area contributed by atoms with E-state index in [2.05, 4.69) is 137 Å². The number of nitrogens with zero attached hydrogens (tertiary/aromatic N) is 3. The molecule has 0 radical (unpaired) electrons. The Morgan fingerprint density at radius 3 is 1.83 bits per heavy atom. The maximum Gasteiger partial charge on any atom is 0.159 e. The van der Waals surface area contributed by atoms with Crippen molar-refractivity contribution in [2.24, 2.45) is 0 Å². The molecule has 3 heterocycles. The van der Waals surface area contributed by atoms with E-state index in [-0.39, 0.29) is 0 Å². The van der Waals surface area contributed by atoms with E-state index in [1.807, 2.05) is 12.3 Å². The van der Waals surface area contributed by atoms with Gasteiger partial charge in [-0.15, -0.1) is 0 Å². The van der Waals surface area contributed by atoms with Crippen molar-refractivity contribution in [1.29, 1.82) is 0 Å². The summed E-state index contributed by atoms with van der Waals surface area (Å²) in [4.78, 5) is 9.78. The van der Waals surface area contributed by atoms with Gasteiger partial charge in [-0.2, -0.15) is 0 Å². The second-order valence-electron chi connectivity index (χ2n) is 10.6. The van der Waals surface area contributed by atoms with Crippen LogP contribution in [0.5, 0.6) is 0 Å². The van der Waals surface area contributed by atoms with Crippen molar-refractivity contribution < 1.29 is 0 Å². The van der Waals surface area contributed by atoms with Crippen LogP contribution in [0, 0.1) is 0 Å². The second-order valence-corrected chi connectivity index (χ2v) is 10.6. The number of para-hydroxylation sites is 2. The number of benzene rings is 5. The molecule has 9 rings (SSSR count). The first kappa shape index (κ1) is 22.3. The third-order valence-corrected chi connectivity index (χ3v) is 8.41. The van der Waals surface area contributed by atoms with Crippen LogP contribution in [0.3, 0.4) is 0 Å². The summed E-state index contributed by atoms with van der Waals surface area (Å²) in [6.07, 6.45) is 1.82. The van der Waals surface area contributed by atoms with Crippen LogP contribution < -0.4 is 0 Å².